The molecule has 0 aromatic heterocycles. The number of rotatable bonds is 8. The fourth-order valence-corrected chi connectivity index (χ4v) is 2.67. The fraction of sp³-hybridized carbons (Fsp3) is 0.263. The highest BCUT2D eigenvalue weighted by Gasteiger charge is 2.24. The number of hydrogen-bond acceptors (Lipinski definition) is 3. The number of halogens is 2. The number of ether oxygens (including phenoxy) is 1. The smallest absolute Gasteiger partial charge is 0.254 e. The van der Waals surface area contributed by atoms with Crippen molar-refractivity contribution in [1.82, 2.24) is 5.32 Å². The van der Waals surface area contributed by atoms with E-state index < -0.39 is 17.8 Å². The van der Waals surface area contributed by atoms with Gasteiger partial charge in [-0.2, -0.15) is 0 Å². The molecule has 2 aromatic carbocycles. The van der Waals surface area contributed by atoms with Crippen molar-refractivity contribution in [3.05, 3.63) is 69.4 Å². The summed E-state index contributed by atoms with van der Waals surface area (Å²) in [5, 5.41) is 10.1. The van der Waals surface area contributed by atoms with Crippen LogP contribution in [-0.2, 0) is 16.1 Å². The minimum absolute atomic E-state index is 0.0145. The molecule has 0 spiro atoms. The molecule has 5 nitrogen and oxygen atoms in total. The first-order valence-corrected chi connectivity index (χ1v) is 8.99. The van der Waals surface area contributed by atoms with Crippen molar-refractivity contribution in [3.63, 3.8) is 0 Å². The van der Waals surface area contributed by atoms with Crippen LogP contribution in [0.15, 0.2) is 46.9 Å². The van der Waals surface area contributed by atoms with Crippen molar-refractivity contribution in [1.29, 1.82) is 5.41 Å². The van der Waals surface area contributed by atoms with Gasteiger partial charge in [0, 0.05) is 28.8 Å². The van der Waals surface area contributed by atoms with Crippen molar-refractivity contribution in [2.45, 2.75) is 26.0 Å². The largest absolute Gasteiger partial charge is 0.384 e. The van der Waals surface area contributed by atoms with Crippen LogP contribution >= 0.6 is 15.9 Å². The van der Waals surface area contributed by atoms with E-state index in [-0.39, 0.29) is 17.9 Å². The number of carbonyl (C=O) groups excluding carboxylic acids is 1. The molecule has 1 amide bonds. The molecule has 0 saturated carbocycles. The SMILES string of the molecule is CCCOC(C(=O)NCc1ccc(C(=N)N)cc1)c1ccc(Br)cc1F. The molecule has 26 heavy (non-hydrogen) atoms. The lowest BCUT2D eigenvalue weighted by molar-refractivity contribution is -0.133. The molecule has 2 aromatic rings. The van der Waals surface area contributed by atoms with Crippen LogP contribution in [0.4, 0.5) is 4.39 Å². The van der Waals surface area contributed by atoms with Crippen LogP contribution in [0.25, 0.3) is 0 Å². The Morgan fingerprint density at radius 2 is 2.00 bits per heavy atom. The Morgan fingerprint density at radius 3 is 2.58 bits per heavy atom. The standard InChI is InChI=1S/C19H21BrFN3O2/c1-2-9-26-17(15-8-7-14(20)10-16(15)21)19(25)24-11-12-3-5-13(6-4-12)18(22)23/h3-8,10,17H,2,9,11H2,1H3,(H3,22,23)(H,24,25). The van der Waals surface area contributed by atoms with Gasteiger partial charge in [-0.1, -0.05) is 53.2 Å². The maximum absolute atomic E-state index is 14.2. The third-order valence-electron chi connectivity index (χ3n) is 3.70. The molecule has 0 aliphatic carbocycles. The summed E-state index contributed by atoms with van der Waals surface area (Å²) in [5.41, 5.74) is 7.07. The lowest BCUT2D eigenvalue weighted by Gasteiger charge is -2.18. The summed E-state index contributed by atoms with van der Waals surface area (Å²) in [4.78, 5) is 12.6. The number of nitrogens with two attached hydrogens (primary N) is 1. The zero-order valence-corrected chi connectivity index (χ0v) is 16.0. The predicted molar refractivity (Wildman–Crippen MR) is 102 cm³/mol. The normalized spacial score (nSPS) is 11.8. The predicted octanol–water partition coefficient (Wildman–Crippen LogP) is 3.66. The van der Waals surface area contributed by atoms with E-state index in [4.69, 9.17) is 15.9 Å². The van der Waals surface area contributed by atoms with E-state index in [1.165, 1.54) is 6.07 Å². The second-order valence-electron chi connectivity index (χ2n) is 5.75. The third-order valence-corrected chi connectivity index (χ3v) is 4.20. The highest BCUT2D eigenvalue weighted by molar-refractivity contribution is 9.10. The van der Waals surface area contributed by atoms with E-state index in [1.54, 1.807) is 36.4 Å². The second-order valence-corrected chi connectivity index (χ2v) is 6.66. The molecule has 0 aliphatic heterocycles. The summed E-state index contributed by atoms with van der Waals surface area (Å²) in [7, 11) is 0. The number of hydrogen-bond donors (Lipinski definition) is 3. The Labute approximate surface area is 160 Å². The van der Waals surface area contributed by atoms with Gasteiger partial charge in [-0.25, -0.2) is 4.39 Å². The summed E-state index contributed by atoms with van der Waals surface area (Å²) < 4.78 is 20.4. The summed E-state index contributed by atoms with van der Waals surface area (Å²) >= 11 is 3.21. The molecule has 138 valence electrons. The number of nitrogens with one attached hydrogen (secondary N) is 2. The molecule has 0 fully saturated rings. The number of nitrogen functional groups attached to an aromatic ring is 1. The van der Waals surface area contributed by atoms with Crippen LogP contribution in [0.5, 0.6) is 0 Å². The number of carbonyl (C=O) groups is 1. The average molecular weight is 422 g/mol. The monoisotopic (exact) mass is 421 g/mol. The second kappa shape index (κ2) is 9.45. The maximum Gasteiger partial charge on any atom is 0.254 e. The number of amidine groups is 1. The van der Waals surface area contributed by atoms with Crippen molar-refractivity contribution in [2.24, 2.45) is 5.73 Å². The first-order valence-electron chi connectivity index (χ1n) is 8.20. The molecular weight excluding hydrogens is 401 g/mol. The lowest BCUT2D eigenvalue weighted by Crippen LogP contribution is -2.31. The van der Waals surface area contributed by atoms with Crippen molar-refractivity contribution in [2.75, 3.05) is 6.61 Å². The molecule has 0 aliphatic rings. The molecule has 0 radical (unpaired) electrons. The van der Waals surface area contributed by atoms with Gasteiger partial charge < -0.3 is 15.8 Å². The van der Waals surface area contributed by atoms with Crippen LogP contribution in [0.1, 0.15) is 36.1 Å². The van der Waals surface area contributed by atoms with Gasteiger partial charge in [-0.05, 0) is 24.1 Å². The average Bonchev–Trinajstić information content (AvgIpc) is 2.62. The Kier molecular flexibility index (Phi) is 7.29. The van der Waals surface area contributed by atoms with Gasteiger partial charge in [0.1, 0.15) is 11.7 Å². The lowest BCUT2D eigenvalue weighted by atomic mass is 10.1. The van der Waals surface area contributed by atoms with Crippen LogP contribution in [0.2, 0.25) is 0 Å². The van der Waals surface area contributed by atoms with Crippen LogP contribution in [-0.4, -0.2) is 18.3 Å². The van der Waals surface area contributed by atoms with E-state index in [9.17, 15) is 9.18 Å². The Hall–Kier alpha value is -2.25. The molecule has 1 unspecified atom stereocenters. The molecule has 0 heterocycles. The van der Waals surface area contributed by atoms with Crippen LogP contribution < -0.4 is 11.1 Å². The zero-order valence-electron chi connectivity index (χ0n) is 14.4. The van der Waals surface area contributed by atoms with Gasteiger partial charge in [0.15, 0.2) is 6.10 Å². The molecule has 4 N–H and O–H groups in total. The van der Waals surface area contributed by atoms with Crippen LogP contribution in [0.3, 0.4) is 0 Å². The van der Waals surface area contributed by atoms with Gasteiger partial charge in [-0.15, -0.1) is 0 Å². The van der Waals surface area contributed by atoms with Gasteiger partial charge >= 0.3 is 0 Å². The number of amides is 1. The molecule has 1 atom stereocenters. The van der Waals surface area contributed by atoms with Gasteiger partial charge in [0.05, 0.1) is 0 Å². The van der Waals surface area contributed by atoms with E-state index >= 15 is 0 Å². The summed E-state index contributed by atoms with van der Waals surface area (Å²) in [6.45, 7) is 2.53. The molecule has 0 saturated heterocycles. The summed E-state index contributed by atoms with van der Waals surface area (Å²) in [5.74, 6) is -0.920. The Morgan fingerprint density at radius 1 is 1.31 bits per heavy atom. The highest BCUT2D eigenvalue weighted by Crippen LogP contribution is 2.24. The van der Waals surface area contributed by atoms with Crippen LogP contribution in [0, 0.1) is 11.2 Å². The van der Waals surface area contributed by atoms with Crippen molar-refractivity contribution < 1.29 is 13.9 Å². The fourth-order valence-electron chi connectivity index (χ4n) is 2.34. The minimum atomic E-state index is -1.01. The Bertz CT molecular complexity index is 781. The molecular formula is C19H21BrFN3O2. The van der Waals surface area contributed by atoms with Gasteiger partial charge in [0.2, 0.25) is 0 Å². The molecule has 2 rings (SSSR count). The Balaban J connectivity index is 2.09. The maximum atomic E-state index is 14.2. The minimum Gasteiger partial charge on any atom is -0.384 e. The van der Waals surface area contributed by atoms with Crippen molar-refractivity contribution >= 4 is 27.7 Å². The molecule has 7 heteroatoms. The first kappa shape index (κ1) is 20.1. The topological polar surface area (TPSA) is 88.2 Å². The highest BCUT2D eigenvalue weighted by atomic mass is 79.9. The van der Waals surface area contributed by atoms with E-state index in [2.05, 4.69) is 21.2 Å². The third kappa shape index (κ3) is 5.37. The number of benzene rings is 2. The zero-order chi connectivity index (χ0) is 19.1. The van der Waals surface area contributed by atoms with Gasteiger partial charge in [-0.3, -0.25) is 10.2 Å². The quantitative estimate of drug-likeness (QED) is 0.448. The van der Waals surface area contributed by atoms with E-state index in [0.29, 0.717) is 23.1 Å². The summed E-state index contributed by atoms with van der Waals surface area (Å²) in [6.07, 6.45) is -0.298. The first-order chi connectivity index (χ1) is 12.4. The molecule has 0 bridgehead atoms. The summed E-state index contributed by atoms with van der Waals surface area (Å²) in [6, 6.07) is 11.5. The van der Waals surface area contributed by atoms with E-state index in [0.717, 1.165) is 5.56 Å². The van der Waals surface area contributed by atoms with Gasteiger partial charge in [0.25, 0.3) is 5.91 Å². The van der Waals surface area contributed by atoms with E-state index in [1.807, 2.05) is 6.92 Å². The van der Waals surface area contributed by atoms with Crippen molar-refractivity contribution in [3.8, 4) is 0 Å².